The van der Waals surface area contributed by atoms with Gasteiger partial charge in [-0.2, -0.15) is 5.26 Å². The number of hydrogen-bond donors (Lipinski definition) is 1. The molecule has 0 atom stereocenters. The van der Waals surface area contributed by atoms with Gasteiger partial charge >= 0.3 is 0 Å². The second-order valence-electron chi connectivity index (χ2n) is 5.87. The first-order chi connectivity index (χ1) is 10.7. The summed E-state index contributed by atoms with van der Waals surface area (Å²) in [5.41, 5.74) is 1.65. The van der Waals surface area contributed by atoms with E-state index < -0.39 is 0 Å². The standard InChI is InChI=1S/C17H25N3O2/c1-19-7-5-16(6-8-19)20(9-10-21)13-14-3-4-17(22-2)15(11-14)12-18/h3-4,11,16,21H,5-10,13H2,1-2H3. The van der Waals surface area contributed by atoms with Crippen molar-refractivity contribution in [1.29, 1.82) is 5.26 Å². The lowest BCUT2D eigenvalue weighted by Crippen LogP contribution is -2.44. The topological polar surface area (TPSA) is 59.7 Å². The number of benzene rings is 1. The van der Waals surface area contributed by atoms with E-state index in [-0.39, 0.29) is 6.61 Å². The molecule has 120 valence electrons. The van der Waals surface area contributed by atoms with Gasteiger partial charge in [-0.3, -0.25) is 4.90 Å². The molecular formula is C17H25N3O2. The number of rotatable bonds is 6. The average Bonchev–Trinajstić information content (AvgIpc) is 2.55. The molecule has 0 aliphatic carbocycles. The molecule has 0 unspecified atom stereocenters. The van der Waals surface area contributed by atoms with Crippen LogP contribution >= 0.6 is 0 Å². The zero-order chi connectivity index (χ0) is 15.9. The van der Waals surface area contributed by atoms with Gasteiger partial charge < -0.3 is 14.7 Å². The molecule has 0 spiro atoms. The van der Waals surface area contributed by atoms with Crippen LogP contribution < -0.4 is 4.74 Å². The summed E-state index contributed by atoms with van der Waals surface area (Å²) in [7, 11) is 3.72. The zero-order valence-electron chi connectivity index (χ0n) is 13.5. The first-order valence-corrected chi connectivity index (χ1v) is 7.78. The van der Waals surface area contributed by atoms with Crippen molar-refractivity contribution in [3.05, 3.63) is 29.3 Å². The van der Waals surface area contributed by atoms with E-state index in [0.29, 0.717) is 23.9 Å². The van der Waals surface area contributed by atoms with E-state index in [1.165, 1.54) is 0 Å². The highest BCUT2D eigenvalue weighted by Gasteiger charge is 2.23. The van der Waals surface area contributed by atoms with Crippen LogP contribution in [0.3, 0.4) is 0 Å². The van der Waals surface area contributed by atoms with Crippen molar-refractivity contribution >= 4 is 0 Å². The Kier molecular flexibility index (Phi) is 6.20. The number of hydrogen-bond acceptors (Lipinski definition) is 5. The number of piperidine rings is 1. The van der Waals surface area contributed by atoms with E-state index in [1.54, 1.807) is 7.11 Å². The van der Waals surface area contributed by atoms with Crippen molar-refractivity contribution < 1.29 is 9.84 Å². The van der Waals surface area contributed by atoms with Crippen molar-refractivity contribution in [2.75, 3.05) is 40.4 Å². The largest absolute Gasteiger partial charge is 0.495 e. The number of nitrogens with zero attached hydrogens (tertiary/aromatic N) is 3. The van der Waals surface area contributed by atoms with Gasteiger partial charge in [0, 0.05) is 19.1 Å². The van der Waals surface area contributed by atoms with Gasteiger partial charge in [0.2, 0.25) is 0 Å². The third-order valence-electron chi connectivity index (χ3n) is 4.36. The van der Waals surface area contributed by atoms with Crippen LogP contribution in [0.5, 0.6) is 5.75 Å². The number of aliphatic hydroxyl groups excluding tert-OH is 1. The highest BCUT2D eigenvalue weighted by molar-refractivity contribution is 5.45. The molecule has 0 aromatic heterocycles. The minimum atomic E-state index is 0.160. The first-order valence-electron chi connectivity index (χ1n) is 7.78. The van der Waals surface area contributed by atoms with Gasteiger partial charge in [0.15, 0.2) is 0 Å². The average molecular weight is 303 g/mol. The summed E-state index contributed by atoms with van der Waals surface area (Å²) in [6.07, 6.45) is 2.25. The minimum absolute atomic E-state index is 0.160. The first kappa shape index (κ1) is 16.8. The van der Waals surface area contributed by atoms with Gasteiger partial charge in [0.1, 0.15) is 11.8 Å². The van der Waals surface area contributed by atoms with Gasteiger partial charge in [-0.1, -0.05) is 6.07 Å². The maximum Gasteiger partial charge on any atom is 0.136 e. The van der Waals surface area contributed by atoms with E-state index in [4.69, 9.17) is 4.74 Å². The maximum absolute atomic E-state index is 9.36. The lowest BCUT2D eigenvalue weighted by Gasteiger charge is -2.37. The molecule has 1 aliphatic heterocycles. The van der Waals surface area contributed by atoms with E-state index in [9.17, 15) is 10.4 Å². The Bertz CT molecular complexity index is 519. The Labute approximate surface area is 132 Å². The molecule has 2 rings (SSSR count). The lowest BCUT2D eigenvalue weighted by atomic mass is 10.0. The number of nitriles is 1. The molecule has 5 heteroatoms. The Hall–Kier alpha value is -1.61. The van der Waals surface area contributed by atoms with Crippen LogP contribution in [0.2, 0.25) is 0 Å². The molecule has 1 aromatic carbocycles. The molecule has 1 saturated heterocycles. The van der Waals surface area contributed by atoms with Gasteiger partial charge in [-0.15, -0.1) is 0 Å². The van der Waals surface area contributed by atoms with Crippen LogP contribution in [0, 0.1) is 11.3 Å². The molecule has 0 amide bonds. The van der Waals surface area contributed by atoms with Gasteiger partial charge in [0.25, 0.3) is 0 Å². The SMILES string of the molecule is COc1ccc(CN(CCO)C2CCN(C)CC2)cc1C#N. The molecule has 0 radical (unpaired) electrons. The molecule has 1 heterocycles. The van der Waals surface area contributed by atoms with Crippen molar-refractivity contribution in [1.82, 2.24) is 9.80 Å². The fraction of sp³-hybridized carbons (Fsp3) is 0.588. The Morgan fingerprint density at radius 1 is 1.41 bits per heavy atom. The Morgan fingerprint density at radius 3 is 2.73 bits per heavy atom. The Balaban J connectivity index is 2.09. The van der Waals surface area contributed by atoms with Crippen LogP contribution in [-0.2, 0) is 6.54 Å². The van der Waals surface area contributed by atoms with E-state index in [0.717, 1.165) is 38.0 Å². The smallest absolute Gasteiger partial charge is 0.136 e. The molecule has 5 nitrogen and oxygen atoms in total. The second-order valence-corrected chi connectivity index (χ2v) is 5.87. The highest BCUT2D eigenvalue weighted by Crippen LogP contribution is 2.22. The summed E-state index contributed by atoms with van der Waals surface area (Å²) >= 11 is 0. The predicted molar refractivity (Wildman–Crippen MR) is 85.7 cm³/mol. The Morgan fingerprint density at radius 2 is 2.14 bits per heavy atom. The van der Waals surface area contributed by atoms with E-state index >= 15 is 0 Å². The van der Waals surface area contributed by atoms with Crippen LogP contribution in [0.1, 0.15) is 24.0 Å². The van der Waals surface area contributed by atoms with Crippen molar-refractivity contribution in [3.63, 3.8) is 0 Å². The molecule has 1 aliphatic rings. The second kappa shape index (κ2) is 8.14. The van der Waals surface area contributed by atoms with Gasteiger partial charge in [-0.25, -0.2) is 0 Å². The third-order valence-corrected chi connectivity index (χ3v) is 4.36. The maximum atomic E-state index is 9.36. The summed E-state index contributed by atoms with van der Waals surface area (Å²) in [4.78, 5) is 4.67. The lowest BCUT2D eigenvalue weighted by molar-refractivity contribution is 0.0941. The monoisotopic (exact) mass is 303 g/mol. The van der Waals surface area contributed by atoms with Crippen molar-refractivity contribution in [2.24, 2.45) is 0 Å². The number of ether oxygens (including phenoxy) is 1. The fourth-order valence-electron chi connectivity index (χ4n) is 3.05. The van der Waals surface area contributed by atoms with E-state index in [2.05, 4.69) is 22.9 Å². The summed E-state index contributed by atoms with van der Waals surface area (Å²) < 4.78 is 5.19. The van der Waals surface area contributed by atoms with Crippen LogP contribution in [0.15, 0.2) is 18.2 Å². The molecule has 1 fully saturated rings. The van der Waals surface area contributed by atoms with Gasteiger partial charge in [-0.05, 0) is 50.7 Å². The summed E-state index contributed by atoms with van der Waals surface area (Å²) in [5, 5.41) is 18.6. The molecular weight excluding hydrogens is 278 g/mol. The van der Waals surface area contributed by atoms with Crippen molar-refractivity contribution in [2.45, 2.75) is 25.4 Å². The third kappa shape index (κ3) is 4.20. The minimum Gasteiger partial charge on any atom is -0.495 e. The molecule has 0 saturated carbocycles. The zero-order valence-corrected chi connectivity index (χ0v) is 13.5. The highest BCUT2D eigenvalue weighted by atomic mass is 16.5. The van der Waals surface area contributed by atoms with Crippen LogP contribution in [-0.4, -0.2) is 61.3 Å². The summed E-state index contributed by atoms with van der Waals surface area (Å²) in [6, 6.07) is 8.41. The quantitative estimate of drug-likeness (QED) is 0.862. The predicted octanol–water partition coefficient (Wildman–Crippen LogP) is 1.46. The molecule has 22 heavy (non-hydrogen) atoms. The van der Waals surface area contributed by atoms with Crippen LogP contribution in [0.4, 0.5) is 0 Å². The van der Waals surface area contributed by atoms with Gasteiger partial charge in [0.05, 0.1) is 19.3 Å². The molecule has 1 aromatic rings. The fourth-order valence-corrected chi connectivity index (χ4v) is 3.05. The number of aliphatic hydroxyl groups is 1. The summed E-state index contributed by atoms with van der Waals surface area (Å²) in [6.45, 7) is 3.78. The van der Waals surface area contributed by atoms with E-state index in [1.807, 2.05) is 18.2 Å². The van der Waals surface area contributed by atoms with Crippen molar-refractivity contribution in [3.8, 4) is 11.8 Å². The summed E-state index contributed by atoms with van der Waals surface area (Å²) in [5.74, 6) is 0.610. The number of likely N-dealkylation sites (tertiary alicyclic amines) is 1. The molecule has 1 N–H and O–H groups in total. The normalized spacial score (nSPS) is 16.7. The van der Waals surface area contributed by atoms with Crippen LogP contribution in [0.25, 0.3) is 0 Å². The number of methoxy groups -OCH3 is 1. The molecule has 0 bridgehead atoms.